The van der Waals surface area contributed by atoms with Crippen molar-refractivity contribution in [1.29, 1.82) is 5.26 Å². The molecule has 3 aromatic carbocycles. The zero-order valence-corrected chi connectivity index (χ0v) is 19.7. The first-order chi connectivity index (χ1) is 17.2. The van der Waals surface area contributed by atoms with Crippen LogP contribution in [0.1, 0.15) is 49.0 Å². The van der Waals surface area contributed by atoms with Crippen molar-refractivity contribution in [2.75, 3.05) is 5.32 Å². The van der Waals surface area contributed by atoms with E-state index in [0.717, 1.165) is 0 Å². The third-order valence-electron chi connectivity index (χ3n) is 5.62. The summed E-state index contributed by atoms with van der Waals surface area (Å²) in [7, 11) is 0. The normalized spacial score (nSPS) is 13.5. The first-order valence-electron chi connectivity index (χ1n) is 11.5. The van der Waals surface area contributed by atoms with Crippen LogP contribution in [0.15, 0.2) is 83.9 Å². The predicted molar refractivity (Wildman–Crippen MR) is 133 cm³/mol. The minimum atomic E-state index is -4.49. The molecule has 36 heavy (non-hydrogen) atoms. The zero-order chi connectivity index (χ0) is 26.1. The summed E-state index contributed by atoms with van der Waals surface area (Å²) in [5.41, 5.74) is 1.68. The molecule has 0 heterocycles. The maximum absolute atomic E-state index is 13.7. The number of hydrogen-bond donors (Lipinski definition) is 2. The van der Waals surface area contributed by atoms with Crippen molar-refractivity contribution in [3.05, 3.63) is 95.6 Å². The van der Waals surface area contributed by atoms with E-state index in [-0.39, 0.29) is 23.4 Å². The summed E-state index contributed by atoms with van der Waals surface area (Å²) in [6.07, 6.45) is -5.89. The molecule has 0 radical (unpaired) electrons. The molecule has 0 bridgehead atoms. The molecule has 1 amide bonds. The Morgan fingerprint density at radius 1 is 1.03 bits per heavy atom. The van der Waals surface area contributed by atoms with E-state index in [1.165, 1.54) is 18.2 Å². The van der Waals surface area contributed by atoms with Gasteiger partial charge in [0.1, 0.15) is 11.8 Å². The van der Waals surface area contributed by atoms with Gasteiger partial charge in [-0.3, -0.25) is 4.79 Å². The molecular weight excluding hydrogens is 467 g/mol. The van der Waals surface area contributed by atoms with E-state index in [1.807, 2.05) is 12.1 Å². The highest BCUT2D eigenvalue weighted by Gasteiger charge is 2.40. The van der Waals surface area contributed by atoms with E-state index in [4.69, 9.17) is 5.26 Å². The number of benzene rings is 3. The third-order valence-corrected chi connectivity index (χ3v) is 5.62. The lowest BCUT2D eigenvalue weighted by Crippen LogP contribution is -2.31. The molecule has 0 saturated heterocycles. The van der Waals surface area contributed by atoms with E-state index in [9.17, 15) is 23.1 Å². The van der Waals surface area contributed by atoms with Crippen LogP contribution in [0.5, 0.6) is 0 Å². The van der Waals surface area contributed by atoms with Gasteiger partial charge < -0.3 is 10.4 Å². The van der Waals surface area contributed by atoms with E-state index in [1.54, 1.807) is 61.5 Å². The minimum Gasteiger partial charge on any atom is -0.384 e. The quantitative estimate of drug-likeness (QED) is 0.325. The summed E-state index contributed by atoms with van der Waals surface area (Å²) >= 11 is 0. The van der Waals surface area contributed by atoms with Gasteiger partial charge in [-0.25, -0.2) is 4.99 Å². The Balaban J connectivity index is 1.91. The van der Waals surface area contributed by atoms with Crippen molar-refractivity contribution in [2.45, 2.75) is 38.5 Å². The van der Waals surface area contributed by atoms with Crippen LogP contribution >= 0.6 is 0 Å². The molecule has 3 aromatic rings. The number of carbonyl (C=O) groups is 1. The molecule has 2 atom stereocenters. The van der Waals surface area contributed by atoms with Crippen LogP contribution in [0.25, 0.3) is 0 Å². The molecule has 0 aromatic heterocycles. The van der Waals surface area contributed by atoms with Gasteiger partial charge in [-0.2, -0.15) is 18.4 Å². The van der Waals surface area contributed by atoms with E-state index >= 15 is 0 Å². The van der Waals surface area contributed by atoms with Gasteiger partial charge in [-0.1, -0.05) is 61.9 Å². The van der Waals surface area contributed by atoms with Crippen molar-refractivity contribution in [3.8, 4) is 6.07 Å². The van der Waals surface area contributed by atoms with Crippen LogP contribution in [-0.2, 0) is 4.79 Å². The molecule has 2 N–H and O–H groups in total. The molecule has 8 heteroatoms. The summed E-state index contributed by atoms with van der Waals surface area (Å²) in [6.45, 7) is 1.65. The van der Waals surface area contributed by atoms with Crippen LogP contribution < -0.4 is 5.32 Å². The van der Waals surface area contributed by atoms with Crippen molar-refractivity contribution >= 4 is 23.0 Å². The number of nitrogens with zero attached hydrogens (tertiary/aromatic N) is 2. The molecule has 2 unspecified atom stereocenters. The monoisotopic (exact) mass is 493 g/mol. The minimum absolute atomic E-state index is 0.146. The lowest BCUT2D eigenvalue weighted by atomic mass is 9.95. The number of hydrogen-bond acceptors (Lipinski definition) is 4. The van der Waals surface area contributed by atoms with E-state index in [2.05, 4.69) is 10.3 Å². The van der Waals surface area contributed by atoms with Gasteiger partial charge in [0, 0.05) is 12.1 Å². The average Bonchev–Trinajstić information content (AvgIpc) is 2.87. The number of rotatable bonds is 9. The van der Waals surface area contributed by atoms with E-state index < -0.39 is 30.5 Å². The van der Waals surface area contributed by atoms with Gasteiger partial charge in [-0.05, 0) is 47.9 Å². The van der Waals surface area contributed by atoms with Gasteiger partial charge in [0.15, 0.2) is 0 Å². The third kappa shape index (κ3) is 7.27. The summed E-state index contributed by atoms with van der Waals surface area (Å²) in [5.74, 6) is -2.52. The molecule has 0 aliphatic heterocycles. The second-order valence-electron chi connectivity index (χ2n) is 8.34. The fourth-order valence-corrected chi connectivity index (χ4v) is 3.77. The van der Waals surface area contributed by atoms with Crippen molar-refractivity contribution < 1.29 is 23.1 Å². The van der Waals surface area contributed by atoms with Crippen LogP contribution in [0, 0.1) is 17.2 Å². The summed E-state index contributed by atoms with van der Waals surface area (Å²) in [4.78, 5) is 17.4. The lowest BCUT2D eigenvalue weighted by molar-refractivity contribution is -0.174. The molecule has 3 rings (SSSR count). The maximum Gasteiger partial charge on any atom is 0.392 e. The number of anilines is 1. The number of alkyl halides is 3. The Morgan fingerprint density at radius 3 is 2.39 bits per heavy atom. The Kier molecular flexibility index (Phi) is 8.98. The highest BCUT2D eigenvalue weighted by Crippen LogP contribution is 2.33. The van der Waals surface area contributed by atoms with Gasteiger partial charge in [0.05, 0.1) is 23.2 Å². The molecule has 0 aliphatic rings. The molecule has 0 fully saturated rings. The van der Waals surface area contributed by atoms with Crippen LogP contribution in [-0.4, -0.2) is 22.9 Å². The Bertz CT molecular complexity index is 1250. The predicted octanol–water partition coefficient (Wildman–Crippen LogP) is 6.72. The highest BCUT2D eigenvalue weighted by atomic mass is 19.4. The average molecular weight is 494 g/mol. The van der Waals surface area contributed by atoms with Crippen molar-refractivity contribution in [2.24, 2.45) is 10.9 Å². The van der Waals surface area contributed by atoms with Crippen molar-refractivity contribution in [3.63, 3.8) is 0 Å². The SMILES string of the molecule is CCCC(CC(=Nc1cccc(C#N)c1)C(=O)Nc1cccc(C(O)c2ccccc2)c1)C(F)(F)F. The smallest absolute Gasteiger partial charge is 0.384 e. The summed E-state index contributed by atoms with van der Waals surface area (Å²) in [6, 6.07) is 23.4. The summed E-state index contributed by atoms with van der Waals surface area (Å²) in [5, 5.41) is 22.4. The number of aliphatic hydroxyl groups excluding tert-OH is 1. The van der Waals surface area contributed by atoms with Crippen molar-refractivity contribution in [1.82, 2.24) is 0 Å². The number of aliphatic imine (C=N–C) groups is 1. The number of amides is 1. The number of halogens is 3. The second-order valence-corrected chi connectivity index (χ2v) is 8.34. The van der Waals surface area contributed by atoms with Crippen LogP contribution in [0.3, 0.4) is 0 Å². The molecular formula is C28H26F3N3O2. The largest absolute Gasteiger partial charge is 0.392 e. The molecule has 5 nitrogen and oxygen atoms in total. The van der Waals surface area contributed by atoms with E-state index in [0.29, 0.717) is 23.2 Å². The van der Waals surface area contributed by atoms with Gasteiger partial charge >= 0.3 is 6.18 Å². The zero-order valence-electron chi connectivity index (χ0n) is 19.7. The lowest BCUT2D eigenvalue weighted by Gasteiger charge is -2.20. The maximum atomic E-state index is 13.7. The highest BCUT2D eigenvalue weighted by molar-refractivity contribution is 6.43. The number of nitriles is 1. The first kappa shape index (κ1) is 26.6. The fourth-order valence-electron chi connectivity index (χ4n) is 3.77. The second kappa shape index (κ2) is 12.1. The topological polar surface area (TPSA) is 85.5 Å². The fraction of sp³-hybridized carbons (Fsp3) is 0.250. The number of carbonyl (C=O) groups excluding carboxylic acids is 1. The van der Waals surface area contributed by atoms with Crippen LogP contribution in [0.2, 0.25) is 0 Å². The molecule has 0 spiro atoms. The first-order valence-corrected chi connectivity index (χ1v) is 11.5. The standard InChI is InChI=1S/C28H26F3N3O2/c1-2-8-22(28(29,30)31)17-25(33-23-13-6-9-19(15-23)18-32)27(36)34-24-14-7-12-21(16-24)26(35)20-10-4-3-5-11-20/h3-7,9-16,22,26,35H,2,8,17H2,1H3,(H,34,36). The Morgan fingerprint density at radius 2 is 1.72 bits per heavy atom. The number of nitrogens with one attached hydrogen (secondary N) is 1. The van der Waals surface area contributed by atoms with Crippen LogP contribution in [0.4, 0.5) is 24.5 Å². The van der Waals surface area contributed by atoms with Gasteiger partial charge in [0.2, 0.25) is 0 Å². The summed E-state index contributed by atoms with van der Waals surface area (Å²) < 4.78 is 41.0. The molecule has 0 aliphatic carbocycles. The molecule has 186 valence electrons. The number of aliphatic hydroxyl groups is 1. The Hall–Kier alpha value is -3.96. The van der Waals surface area contributed by atoms with Gasteiger partial charge in [-0.15, -0.1) is 0 Å². The Labute approximate surface area is 207 Å². The van der Waals surface area contributed by atoms with Gasteiger partial charge in [0.25, 0.3) is 5.91 Å². The molecule has 0 saturated carbocycles.